The molecular formula is C18H16IN3O2. The van der Waals surface area contributed by atoms with E-state index in [0.717, 1.165) is 40.0 Å². The van der Waals surface area contributed by atoms with E-state index in [4.69, 9.17) is 4.42 Å². The van der Waals surface area contributed by atoms with Crippen LogP contribution in [0.25, 0.3) is 17.1 Å². The van der Waals surface area contributed by atoms with Crippen LogP contribution in [0.4, 0.5) is 0 Å². The minimum absolute atomic E-state index is 0.00582. The average Bonchev–Trinajstić information content (AvgIpc) is 3.30. The minimum Gasteiger partial charge on any atom is -0.451 e. The van der Waals surface area contributed by atoms with Crippen LogP contribution in [0.1, 0.15) is 30.5 Å². The van der Waals surface area contributed by atoms with Crippen molar-refractivity contribution in [1.82, 2.24) is 14.9 Å². The molecule has 3 heterocycles. The topological polar surface area (TPSA) is 62.1 Å². The fourth-order valence-corrected chi connectivity index (χ4v) is 3.55. The van der Waals surface area contributed by atoms with E-state index in [2.05, 4.69) is 32.6 Å². The lowest BCUT2D eigenvalue weighted by Crippen LogP contribution is -2.29. The van der Waals surface area contributed by atoms with E-state index >= 15 is 0 Å². The molecule has 0 saturated carbocycles. The molecule has 5 nitrogen and oxygen atoms in total. The van der Waals surface area contributed by atoms with Gasteiger partial charge in [0.2, 0.25) is 5.91 Å². The summed E-state index contributed by atoms with van der Waals surface area (Å²) in [5.74, 6) is 1.54. The Balaban J connectivity index is 1.55. The number of amides is 1. The quantitative estimate of drug-likeness (QED) is 0.499. The first-order valence-corrected chi connectivity index (χ1v) is 8.97. The van der Waals surface area contributed by atoms with Gasteiger partial charge in [-0.1, -0.05) is 12.1 Å². The summed E-state index contributed by atoms with van der Waals surface area (Å²) in [7, 11) is 0. The average molecular weight is 433 g/mol. The summed E-state index contributed by atoms with van der Waals surface area (Å²) in [5.41, 5.74) is 1.94. The van der Waals surface area contributed by atoms with Crippen molar-refractivity contribution in [3.63, 3.8) is 0 Å². The first-order chi connectivity index (χ1) is 11.7. The van der Waals surface area contributed by atoms with Crippen molar-refractivity contribution < 1.29 is 9.21 Å². The van der Waals surface area contributed by atoms with Gasteiger partial charge in [0.1, 0.15) is 11.6 Å². The van der Waals surface area contributed by atoms with Gasteiger partial charge in [-0.15, -0.1) is 0 Å². The number of hydrogen-bond donors (Lipinski definition) is 1. The highest BCUT2D eigenvalue weighted by Gasteiger charge is 2.31. The predicted octanol–water partition coefficient (Wildman–Crippen LogP) is 4.14. The molecule has 0 bridgehead atoms. The fourth-order valence-electron chi connectivity index (χ4n) is 3.11. The van der Waals surface area contributed by atoms with Gasteiger partial charge >= 0.3 is 0 Å². The first-order valence-electron chi connectivity index (χ1n) is 7.89. The summed E-state index contributed by atoms with van der Waals surface area (Å²) in [6, 6.07) is 11.7. The molecule has 2 aromatic heterocycles. The molecule has 0 spiro atoms. The Hall–Kier alpha value is -2.09. The highest BCUT2D eigenvalue weighted by atomic mass is 127. The van der Waals surface area contributed by atoms with Crippen LogP contribution in [-0.2, 0) is 4.79 Å². The van der Waals surface area contributed by atoms with Gasteiger partial charge in [-0.05, 0) is 65.8 Å². The number of aromatic nitrogens is 2. The van der Waals surface area contributed by atoms with Crippen LogP contribution in [0.3, 0.4) is 0 Å². The summed E-state index contributed by atoms with van der Waals surface area (Å²) in [5, 5.41) is 0. The van der Waals surface area contributed by atoms with Gasteiger partial charge in [-0.2, -0.15) is 0 Å². The second-order valence-corrected chi connectivity index (χ2v) is 6.87. The molecule has 1 saturated heterocycles. The zero-order valence-corrected chi connectivity index (χ0v) is 15.1. The molecule has 1 amide bonds. The van der Waals surface area contributed by atoms with Crippen molar-refractivity contribution in [1.29, 1.82) is 0 Å². The van der Waals surface area contributed by atoms with E-state index in [9.17, 15) is 4.79 Å². The van der Waals surface area contributed by atoms with Crippen molar-refractivity contribution >= 4 is 45.6 Å². The summed E-state index contributed by atoms with van der Waals surface area (Å²) in [6.45, 7) is 0.751. The van der Waals surface area contributed by atoms with E-state index in [1.165, 1.54) is 0 Å². The first kappa shape index (κ1) is 15.4. The van der Waals surface area contributed by atoms with Crippen LogP contribution in [0.5, 0.6) is 0 Å². The monoisotopic (exact) mass is 433 g/mol. The number of para-hydroxylation sites is 2. The van der Waals surface area contributed by atoms with E-state index < -0.39 is 0 Å². The number of likely N-dealkylation sites (tertiary alicyclic amines) is 1. The maximum atomic E-state index is 12.6. The normalized spacial score (nSPS) is 18.0. The summed E-state index contributed by atoms with van der Waals surface area (Å²) in [6.07, 6.45) is 5.21. The molecule has 3 aromatic rings. The molecule has 1 atom stereocenters. The van der Waals surface area contributed by atoms with Crippen LogP contribution < -0.4 is 0 Å². The molecule has 4 rings (SSSR count). The molecule has 1 aliphatic heterocycles. The lowest BCUT2D eigenvalue weighted by molar-refractivity contribution is -0.127. The third kappa shape index (κ3) is 2.98. The number of nitrogens with one attached hydrogen (secondary N) is 1. The van der Waals surface area contributed by atoms with E-state index in [-0.39, 0.29) is 11.9 Å². The number of fused-ring (bicyclic) bond motifs is 1. The van der Waals surface area contributed by atoms with Crippen molar-refractivity contribution in [2.75, 3.05) is 6.54 Å². The Morgan fingerprint density at radius 1 is 1.33 bits per heavy atom. The van der Waals surface area contributed by atoms with Crippen LogP contribution in [0.15, 0.2) is 46.9 Å². The van der Waals surface area contributed by atoms with Crippen molar-refractivity contribution in [2.24, 2.45) is 0 Å². The Morgan fingerprint density at radius 3 is 3.00 bits per heavy atom. The van der Waals surface area contributed by atoms with Crippen LogP contribution in [0.2, 0.25) is 0 Å². The molecule has 1 N–H and O–H groups in total. The number of halogens is 1. The van der Waals surface area contributed by atoms with Crippen molar-refractivity contribution in [3.05, 3.63) is 57.8 Å². The van der Waals surface area contributed by atoms with Crippen molar-refractivity contribution in [2.45, 2.75) is 18.9 Å². The number of imidazole rings is 1. The molecule has 1 fully saturated rings. The Morgan fingerprint density at radius 2 is 2.21 bits per heavy atom. The summed E-state index contributed by atoms with van der Waals surface area (Å²) in [4.78, 5) is 22.5. The number of carbonyl (C=O) groups excluding carboxylic acids is 1. The smallest absolute Gasteiger partial charge is 0.247 e. The summed E-state index contributed by atoms with van der Waals surface area (Å²) < 4.78 is 6.27. The van der Waals surface area contributed by atoms with E-state index in [0.29, 0.717) is 5.76 Å². The number of carbonyl (C=O) groups is 1. The van der Waals surface area contributed by atoms with Gasteiger partial charge in [0.15, 0.2) is 3.77 Å². The van der Waals surface area contributed by atoms with Gasteiger partial charge in [0.05, 0.1) is 17.1 Å². The van der Waals surface area contributed by atoms with Gasteiger partial charge in [0.25, 0.3) is 0 Å². The van der Waals surface area contributed by atoms with Crippen LogP contribution >= 0.6 is 22.6 Å². The molecule has 122 valence electrons. The minimum atomic E-state index is -0.00985. The molecule has 6 heteroatoms. The van der Waals surface area contributed by atoms with Gasteiger partial charge in [-0.3, -0.25) is 4.79 Å². The third-order valence-corrected chi connectivity index (χ3v) is 4.82. The zero-order chi connectivity index (χ0) is 16.5. The SMILES string of the molecule is O=C(/C=C/c1ccc(I)o1)N1CCCC1c1nc2ccccc2[nH]1. The van der Waals surface area contributed by atoms with Crippen LogP contribution in [0, 0.1) is 3.77 Å². The van der Waals surface area contributed by atoms with Gasteiger partial charge in [-0.25, -0.2) is 4.98 Å². The highest BCUT2D eigenvalue weighted by Crippen LogP contribution is 2.31. The van der Waals surface area contributed by atoms with Gasteiger partial charge in [0, 0.05) is 12.6 Å². The standard InChI is InChI=1S/C18H16IN3O2/c19-16-9-7-12(24-16)8-10-17(23)22-11-3-6-15(22)18-20-13-4-1-2-5-14(13)21-18/h1-2,4-5,7-10,15H,3,6,11H2,(H,20,21)/b10-8+. The molecule has 1 aliphatic rings. The lowest BCUT2D eigenvalue weighted by Gasteiger charge is -2.21. The number of benzene rings is 1. The zero-order valence-electron chi connectivity index (χ0n) is 12.9. The number of hydrogen-bond acceptors (Lipinski definition) is 3. The molecule has 1 unspecified atom stereocenters. The largest absolute Gasteiger partial charge is 0.451 e. The number of rotatable bonds is 3. The molecule has 24 heavy (non-hydrogen) atoms. The highest BCUT2D eigenvalue weighted by molar-refractivity contribution is 14.1. The third-order valence-electron chi connectivity index (χ3n) is 4.24. The predicted molar refractivity (Wildman–Crippen MR) is 100 cm³/mol. The number of H-pyrrole nitrogens is 1. The molecular weight excluding hydrogens is 417 g/mol. The number of furan rings is 1. The Bertz CT molecular complexity index is 879. The van der Waals surface area contributed by atoms with E-state index in [1.807, 2.05) is 41.3 Å². The van der Waals surface area contributed by atoms with Gasteiger partial charge < -0.3 is 14.3 Å². The second-order valence-electron chi connectivity index (χ2n) is 5.80. The molecule has 0 radical (unpaired) electrons. The van der Waals surface area contributed by atoms with E-state index in [1.54, 1.807) is 12.2 Å². The van der Waals surface area contributed by atoms with Crippen LogP contribution in [-0.4, -0.2) is 27.3 Å². The number of nitrogens with zero attached hydrogens (tertiary/aromatic N) is 2. The maximum absolute atomic E-state index is 12.6. The Kier molecular flexibility index (Phi) is 4.13. The number of aromatic amines is 1. The van der Waals surface area contributed by atoms with Crippen molar-refractivity contribution in [3.8, 4) is 0 Å². The second kappa shape index (κ2) is 6.43. The maximum Gasteiger partial charge on any atom is 0.247 e. The Labute approximate surface area is 152 Å². The lowest BCUT2D eigenvalue weighted by atomic mass is 10.2. The fraction of sp³-hybridized carbons (Fsp3) is 0.222. The molecule has 0 aliphatic carbocycles. The molecule has 1 aromatic carbocycles. The summed E-state index contributed by atoms with van der Waals surface area (Å²) >= 11 is 2.11.